The maximum absolute atomic E-state index is 13.5. The summed E-state index contributed by atoms with van der Waals surface area (Å²) in [5.41, 5.74) is 5.44. The van der Waals surface area contributed by atoms with Crippen molar-refractivity contribution >= 4 is 22.6 Å². The minimum atomic E-state index is -0.357. The van der Waals surface area contributed by atoms with E-state index in [0.29, 0.717) is 24.3 Å². The summed E-state index contributed by atoms with van der Waals surface area (Å²) in [5, 5.41) is 4.82. The van der Waals surface area contributed by atoms with E-state index in [0.717, 1.165) is 40.3 Å². The van der Waals surface area contributed by atoms with Crippen molar-refractivity contribution in [3.05, 3.63) is 113 Å². The molecule has 1 aromatic heterocycles. The van der Waals surface area contributed by atoms with Gasteiger partial charge >= 0.3 is 5.97 Å². The van der Waals surface area contributed by atoms with Crippen molar-refractivity contribution in [3.8, 4) is 0 Å². The molecule has 5 nitrogen and oxygen atoms in total. The predicted molar refractivity (Wildman–Crippen MR) is 145 cm³/mol. The van der Waals surface area contributed by atoms with Crippen molar-refractivity contribution < 1.29 is 15.8 Å². The number of carbonyl (C=O) groups is 2. The average Bonchev–Trinajstić information content (AvgIpc) is 2.91. The number of aromatic nitrogens is 1. The van der Waals surface area contributed by atoms with E-state index in [1.807, 2.05) is 42.5 Å². The topological polar surface area (TPSA) is 68.3 Å². The highest BCUT2D eigenvalue weighted by Crippen LogP contribution is 2.33. The number of pyridine rings is 1. The molecule has 0 spiro atoms. The number of fused-ring (bicyclic) bond motifs is 1. The van der Waals surface area contributed by atoms with Crippen LogP contribution in [0.15, 0.2) is 79.1 Å². The Morgan fingerprint density at radius 1 is 0.944 bits per heavy atom. The highest BCUT2D eigenvalue weighted by molar-refractivity contribution is 6.10. The quantitative estimate of drug-likeness (QED) is 0.277. The van der Waals surface area contributed by atoms with Crippen molar-refractivity contribution in [1.29, 1.82) is 0 Å². The van der Waals surface area contributed by atoms with Gasteiger partial charge in [0.15, 0.2) is 0 Å². The Labute approximate surface area is 214 Å². The summed E-state index contributed by atoms with van der Waals surface area (Å²) >= 11 is 0. The second-order valence-electron chi connectivity index (χ2n) is 9.17. The number of hydrogen-bond donors (Lipinski definition) is 1. The number of amides is 1. The minimum absolute atomic E-state index is 0. The zero-order valence-electron chi connectivity index (χ0n) is 21.1. The number of rotatable bonds is 9. The lowest BCUT2D eigenvalue weighted by Gasteiger charge is -2.20. The summed E-state index contributed by atoms with van der Waals surface area (Å²) in [6.07, 6.45) is 5.12. The first kappa shape index (κ1) is 25.1. The van der Waals surface area contributed by atoms with Gasteiger partial charge in [0.05, 0.1) is 17.7 Å². The number of esters is 1. The molecule has 4 rings (SSSR count). The zero-order valence-corrected chi connectivity index (χ0v) is 21.1. The number of nitrogens with one attached hydrogen (secondary N) is 1. The zero-order chi connectivity index (χ0) is 25.5. The summed E-state index contributed by atoms with van der Waals surface area (Å²) in [6.45, 7) is 6.71. The Morgan fingerprint density at radius 2 is 1.72 bits per heavy atom. The van der Waals surface area contributed by atoms with Crippen LogP contribution in [0.5, 0.6) is 0 Å². The fourth-order valence-corrected chi connectivity index (χ4v) is 4.48. The maximum Gasteiger partial charge on any atom is 0.338 e. The molecule has 1 N–H and O–H groups in total. The van der Waals surface area contributed by atoms with Crippen LogP contribution in [0.1, 0.15) is 71.1 Å². The Bertz CT molecular complexity index is 1360. The molecule has 1 amide bonds. The second kappa shape index (κ2) is 11.6. The largest absolute Gasteiger partial charge is 0.462 e. The first-order valence-corrected chi connectivity index (χ1v) is 12.5. The lowest BCUT2D eigenvalue weighted by atomic mass is 9.86. The Balaban J connectivity index is 0.00000380. The van der Waals surface area contributed by atoms with Crippen molar-refractivity contribution in [2.75, 3.05) is 6.61 Å². The summed E-state index contributed by atoms with van der Waals surface area (Å²) < 4.78 is 5.25. The van der Waals surface area contributed by atoms with Crippen LogP contribution in [0.3, 0.4) is 0 Å². The highest BCUT2D eigenvalue weighted by Gasteiger charge is 2.21. The Morgan fingerprint density at radius 3 is 2.42 bits per heavy atom. The van der Waals surface area contributed by atoms with Gasteiger partial charge in [-0.3, -0.25) is 9.78 Å². The molecule has 0 aliphatic carbocycles. The number of nitrogens with zero attached hydrogens (tertiary/aromatic N) is 1. The molecule has 0 radical (unpaired) electrons. The van der Waals surface area contributed by atoms with E-state index < -0.39 is 0 Å². The summed E-state index contributed by atoms with van der Waals surface area (Å²) in [4.78, 5) is 30.2. The van der Waals surface area contributed by atoms with Crippen LogP contribution in [-0.2, 0) is 24.1 Å². The van der Waals surface area contributed by atoms with Gasteiger partial charge < -0.3 is 10.1 Å². The molecule has 0 atom stereocenters. The molecule has 0 saturated carbocycles. The minimum Gasteiger partial charge on any atom is -0.462 e. The molecule has 4 aromatic rings. The molecule has 1 heterocycles. The summed E-state index contributed by atoms with van der Waals surface area (Å²) in [6, 6.07) is 21.8. The molecule has 0 aliphatic rings. The van der Waals surface area contributed by atoms with Crippen LogP contribution < -0.4 is 5.32 Å². The standard InChI is InChI=1S/C31H32N2O3.H2/c1-4-36-31(35)25-14-15-26-28(18-25)24(13-12-22-9-6-5-7-10-22)17-27(21(2)3)29(26)30(34)33-20-23-11-8-16-32-19-23;/h5-11,14-19,21H,4,12-13,20H2,1-3H3,(H,33,34);1H. The number of benzene rings is 3. The molecule has 36 heavy (non-hydrogen) atoms. The van der Waals surface area contributed by atoms with Crippen molar-refractivity contribution in [2.24, 2.45) is 0 Å². The Kier molecular flexibility index (Phi) is 8.11. The lowest BCUT2D eigenvalue weighted by Crippen LogP contribution is -2.25. The fourth-order valence-electron chi connectivity index (χ4n) is 4.48. The molecule has 186 valence electrons. The van der Waals surface area contributed by atoms with E-state index in [9.17, 15) is 9.59 Å². The van der Waals surface area contributed by atoms with Gasteiger partial charge in [0.25, 0.3) is 5.91 Å². The van der Waals surface area contributed by atoms with Crippen LogP contribution in [0.2, 0.25) is 0 Å². The first-order chi connectivity index (χ1) is 17.5. The van der Waals surface area contributed by atoms with Gasteiger partial charge in [0, 0.05) is 20.4 Å². The summed E-state index contributed by atoms with van der Waals surface area (Å²) in [7, 11) is 0. The van der Waals surface area contributed by atoms with Crippen molar-refractivity contribution in [2.45, 2.75) is 46.1 Å². The number of hydrogen-bond acceptors (Lipinski definition) is 4. The molecule has 0 fully saturated rings. The molecular formula is C31H34N2O3. The predicted octanol–water partition coefficient (Wildman–Crippen LogP) is 6.50. The van der Waals surface area contributed by atoms with Crippen LogP contribution in [0.4, 0.5) is 0 Å². The van der Waals surface area contributed by atoms with Gasteiger partial charge in [-0.25, -0.2) is 4.79 Å². The summed E-state index contributed by atoms with van der Waals surface area (Å²) in [5.74, 6) is -0.344. The van der Waals surface area contributed by atoms with Gasteiger partial charge in [0.1, 0.15) is 0 Å². The second-order valence-corrected chi connectivity index (χ2v) is 9.17. The van der Waals surface area contributed by atoms with Crippen molar-refractivity contribution in [1.82, 2.24) is 10.3 Å². The van der Waals surface area contributed by atoms with Crippen LogP contribution >= 0.6 is 0 Å². The van der Waals surface area contributed by atoms with Crippen molar-refractivity contribution in [3.63, 3.8) is 0 Å². The molecule has 5 heteroatoms. The third-order valence-electron chi connectivity index (χ3n) is 6.32. The van der Waals surface area contributed by atoms with Gasteiger partial charge in [-0.1, -0.05) is 62.4 Å². The molecule has 0 aliphatic heterocycles. The molecule has 0 saturated heterocycles. The SMILES string of the molecule is CCOC(=O)c1ccc2c(C(=O)NCc3cccnc3)c(C(C)C)cc(CCc3ccccc3)c2c1.[HH]. The van der Waals surface area contributed by atoms with Crippen LogP contribution in [0.25, 0.3) is 10.8 Å². The molecule has 0 unspecified atom stereocenters. The third kappa shape index (κ3) is 5.80. The van der Waals surface area contributed by atoms with Crippen LogP contribution in [-0.4, -0.2) is 23.5 Å². The third-order valence-corrected chi connectivity index (χ3v) is 6.32. The molecule has 0 bridgehead atoms. The fraction of sp³-hybridized carbons (Fsp3) is 0.258. The van der Waals surface area contributed by atoms with E-state index in [4.69, 9.17) is 4.74 Å². The highest BCUT2D eigenvalue weighted by atomic mass is 16.5. The number of aryl methyl sites for hydroxylation is 2. The van der Waals surface area contributed by atoms with Gasteiger partial charge in [-0.15, -0.1) is 0 Å². The Hall–Kier alpha value is -3.99. The first-order valence-electron chi connectivity index (χ1n) is 12.5. The normalized spacial score (nSPS) is 11.0. The van der Waals surface area contributed by atoms with Gasteiger partial charge in [-0.2, -0.15) is 0 Å². The van der Waals surface area contributed by atoms with Gasteiger partial charge in [0.2, 0.25) is 0 Å². The number of ether oxygens (including phenoxy) is 1. The van der Waals surface area contributed by atoms with E-state index in [-0.39, 0.29) is 19.2 Å². The average molecular weight is 483 g/mol. The maximum atomic E-state index is 13.5. The van der Waals surface area contributed by atoms with E-state index >= 15 is 0 Å². The lowest BCUT2D eigenvalue weighted by molar-refractivity contribution is 0.0526. The van der Waals surface area contributed by atoms with Crippen LogP contribution in [0, 0.1) is 0 Å². The monoisotopic (exact) mass is 482 g/mol. The number of carbonyl (C=O) groups excluding carboxylic acids is 2. The molecule has 3 aromatic carbocycles. The van der Waals surface area contributed by atoms with E-state index in [2.05, 4.69) is 42.3 Å². The van der Waals surface area contributed by atoms with E-state index in [1.165, 1.54) is 5.56 Å². The van der Waals surface area contributed by atoms with E-state index in [1.54, 1.807) is 25.4 Å². The smallest absolute Gasteiger partial charge is 0.338 e. The molecular weight excluding hydrogens is 448 g/mol. The van der Waals surface area contributed by atoms with Gasteiger partial charge in [-0.05, 0) is 76.9 Å².